The number of imidazole rings is 1. The Hall–Kier alpha value is -3.47. The summed E-state index contributed by atoms with van der Waals surface area (Å²) in [5, 5.41) is 12.2. The number of phenolic OH excluding ortho intramolecular Hbond substituents is 1. The zero-order chi connectivity index (χ0) is 16.1. The summed E-state index contributed by atoms with van der Waals surface area (Å²) >= 11 is 0. The third-order valence-corrected chi connectivity index (χ3v) is 4.26. The Morgan fingerprint density at radius 3 is 2.21 bits per heavy atom. The first-order valence-corrected chi connectivity index (χ1v) is 7.61. The fraction of sp³-hybridized carbons (Fsp3) is 0. The summed E-state index contributed by atoms with van der Waals surface area (Å²) in [6, 6.07) is 15.0. The molecule has 2 aromatic carbocycles. The minimum atomic E-state index is 0.208. The predicted molar refractivity (Wildman–Crippen MR) is 93.3 cm³/mol. The second-order valence-corrected chi connectivity index (χ2v) is 5.60. The van der Waals surface area contributed by atoms with E-state index in [1.54, 1.807) is 30.9 Å². The molecule has 3 heterocycles. The molecular formula is C19H12N4O. The molecule has 0 amide bonds. The number of nitrogens with zero attached hydrogens (tertiary/aromatic N) is 4. The van der Waals surface area contributed by atoms with Gasteiger partial charge in [-0.3, -0.25) is 14.5 Å². The Morgan fingerprint density at radius 1 is 0.708 bits per heavy atom. The van der Waals surface area contributed by atoms with Crippen molar-refractivity contribution in [3.8, 4) is 11.4 Å². The normalized spacial score (nSPS) is 11.5. The molecule has 5 rings (SSSR count). The molecule has 0 saturated carbocycles. The number of rotatable bonds is 1. The van der Waals surface area contributed by atoms with E-state index in [0.717, 1.165) is 32.8 Å². The van der Waals surface area contributed by atoms with Crippen LogP contribution >= 0.6 is 0 Å². The Morgan fingerprint density at radius 2 is 1.42 bits per heavy atom. The highest BCUT2D eigenvalue weighted by Crippen LogP contribution is 2.34. The maximum absolute atomic E-state index is 10.3. The van der Waals surface area contributed by atoms with E-state index in [1.807, 2.05) is 41.0 Å². The van der Waals surface area contributed by atoms with Crippen molar-refractivity contribution in [1.82, 2.24) is 19.5 Å². The van der Waals surface area contributed by atoms with Crippen LogP contribution in [0.4, 0.5) is 0 Å². The first-order chi connectivity index (χ1) is 11.8. The fourth-order valence-corrected chi connectivity index (χ4v) is 3.22. The third-order valence-electron chi connectivity index (χ3n) is 4.26. The van der Waals surface area contributed by atoms with E-state index in [-0.39, 0.29) is 5.75 Å². The molecule has 5 nitrogen and oxygen atoms in total. The smallest absolute Gasteiger partial charge is 0.139 e. The van der Waals surface area contributed by atoms with Crippen molar-refractivity contribution < 1.29 is 5.11 Å². The van der Waals surface area contributed by atoms with Crippen LogP contribution in [-0.2, 0) is 0 Å². The molecule has 0 spiro atoms. The summed E-state index contributed by atoms with van der Waals surface area (Å²) in [6.45, 7) is 0. The Bertz CT molecular complexity index is 1230. The van der Waals surface area contributed by atoms with Gasteiger partial charge in [0.1, 0.15) is 12.1 Å². The van der Waals surface area contributed by atoms with Gasteiger partial charge >= 0.3 is 0 Å². The van der Waals surface area contributed by atoms with E-state index in [9.17, 15) is 5.11 Å². The molecule has 0 fully saturated rings. The van der Waals surface area contributed by atoms with Gasteiger partial charge in [0.05, 0.1) is 27.8 Å². The van der Waals surface area contributed by atoms with Crippen molar-refractivity contribution in [1.29, 1.82) is 0 Å². The van der Waals surface area contributed by atoms with Gasteiger partial charge in [0, 0.05) is 23.2 Å². The number of fused-ring (bicyclic) bond motifs is 6. The summed E-state index contributed by atoms with van der Waals surface area (Å²) in [5.41, 5.74) is 4.12. The van der Waals surface area contributed by atoms with Gasteiger partial charge < -0.3 is 5.11 Å². The summed E-state index contributed by atoms with van der Waals surface area (Å²) in [5.74, 6) is 0.208. The zero-order valence-corrected chi connectivity index (χ0v) is 12.6. The lowest BCUT2D eigenvalue weighted by atomic mass is 10.1. The SMILES string of the molecule is Oc1ccccc1-n1cnc2c3cccnc3c3ncccc3c21. The number of pyridine rings is 2. The lowest BCUT2D eigenvalue weighted by molar-refractivity contribution is 0.472. The van der Waals surface area contributed by atoms with Gasteiger partial charge in [0.2, 0.25) is 0 Å². The van der Waals surface area contributed by atoms with Gasteiger partial charge in [0.25, 0.3) is 0 Å². The molecule has 0 bridgehead atoms. The van der Waals surface area contributed by atoms with Crippen molar-refractivity contribution in [2.45, 2.75) is 0 Å². The molecule has 114 valence electrons. The maximum atomic E-state index is 10.3. The monoisotopic (exact) mass is 312 g/mol. The first-order valence-electron chi connectivity index (χ1n) is 7.61. The van der Waals surface area contributed by atoms with Crippen LogP contribution in [0, 0.1) is 0 Å². The average Bonchev–Trinajstić information content (AvgIpc) is 3.08. The standard InChI is InChI=1S/C19H12N4O/c24-15-8-2-1-7-14(15)23-11-22-18-12-5-3-9-20-16(12)17-13(19(18)23)6-4-10-21-17/h1-11,24H. The van der Waals surface area contributed by atoms with Gasteiger partial charge in [-0.05, 0) is 36.4 Å². The molecule has 0 unspecified atom stereocenters. The molecule has 3 aromatic heterocycles. The van der Waals surface area contributed by atoms with Gasteiger partial charge in [-0.25, -0.2) is 4.98 Å². The largest absolute Gasteiger partial charge is 0.506 e. The van der Waals surface area contributed by atoms with Gasteiger partial charge in [-0.15, -0.1) is 0 Å². The second kappa shape index (κ2) is 4.76. The van der Waals surface area contributed by atoms with Gasteiger partial charge in [-0.2, -0.15) is 0 Å². The van der Waals surface area contributed by atoms with Crippen LogP contribution in [0.3, 0.4) is 0 Å². The molecule has 24 heavy (non-hydrogen) atoms. The van der Waals surface area contributed by atoms with Crippen LogP contribution in [0.5, 0.6) is 5.75 Å². The number of hydrogen-bond donors (Lipinski definition) is 1. The van der Waals surface area contributed by atoms with Crippen LogP contribution in [0.25, 0.3) is 38.5 Å². The fourth-order valence-electron chi connectivity index (χ4n) is 3.22. The maximum Gasteiger partial charge on any atom is 0.139 e. The van der Waals surface area contributed by atoms with Crippen LogP contribution in [0.15, 0.2) is 67.3 Å². The molecule has 5 aromatic rings. The summed E-state index contributed by atoms with van der Waals surface area (Å²) in [6.07, 6.45) is 5.27. The van der Waals surface area contributed by atoms with Crippen molar-refractivity contribution in [2.75, 3.05) is 0 Å². The molecule has 0 aliphatic carbocycles. The quantitative estimate of drug-likeness (QED) is 0.478. The minimum absolute atomic E-state index is 0.208. The Balaban J connectivity index is 2.05. The van der Waals surface area contributed by atoms with Crippen LogP contribution in [-0.4, -0.2) is 24.6 Å². The van der Waals surface area contributed by atoms with E-state index in [0.29, 0.717) is 5.69 Å². The molecule has 0 saturated heterocycles. The number of para-hydroxylation sites is 2. The number of phenols is 1. The van der Waals surface area contributed by atoms with Gasteiger partial charge in [-0.1, -0.05) is 12.1 Å². The number of aromatic hydroxyl groups is 1. The highest BCUT2D eigenvalue weighted by molar-refractivity contribution is 6.21. The highest BCUT2D eigenvalue weighted by atomic mass is 16.3. The lowest BCUT2D eigenvalue weighted by Crippen LogP contribution is -1.94. The third kappa shape index (κ3) is 1.66. The van der Waals surface area contributed by atoms with E-state index in [4.69, 9.17) is 0 Å². The summed E-state index contributed by atoms with van der Waals surface area (Å²) in [7, 11) is 0. The number of benzene rings is 2. The molecule has 1 N–H and O–H groups in total. The topological polar surface area (TPSA) is 63.8 Å². The molecule has 0 aliphatic heterocycles. The van der Waals surface area contributed by atoms with E-state index >= 15 is 0 Å². The van der Waals surface area contributed by atoms with Crippen LogP contribution < -0.4 is 0 Å². The molecular weight excluding hydrogens is 300 g/mol. The summed E-state index contributed by atoms with van der Waals surface area (Å²) < 4.78 is 1.90. The van der Waals surface area contributed by atoms with Crippen LogP contribution in [0.1, 0.15) is 0 Å². The molecule has 5 heteroatoms. The predicted octanol–water partition coefficient (Wildman–Crippen LogP) is 3.83. The first kappa shape index (κ1) is 13.0. The second-order valence-electron chi connectivity index (χ2n) is 5.60. The number of aromatic nitrogens is 4. The highest BCUT2D eigenvalue weighted by Gasteiger charge is 2.16. The minimum Gasteiger partial charge on any atom is -0.506 e. The van der Waals surface area contributed by atoms with Gasteiger partial charge in [0.15, 0.2) is 0 Å². The molecule has 0 aliphatic rings. The van der Waals surface area contributed by atoms with Crippen LogP contribution in [0.2, 0.25) is 0 Å². The molecule has 0 radical (unpaired) electrons. The van der Waals surface area contributed by atoms with E-state index in [2.05, 4.69) is 15.0 Å². The Kier molecular flexibility index (Phi) is 2.58. The van der Waals surface area contributed by atoms with E-state index < -0.39 is 0 Å². The lowest BCUT2D eigenvalue weighted by Gasteiger charge is -2.10. The average molecular weight is 312 g/mol. The van der Waals surface area contributed by atoms with Crippen molar-refractivity contribution in [2.24, 2.45) is 0 Å². The van der Waals surface area contributed by atoms with Crippen molar-refractivity contribution in [3.63, 3.8) is 0 Å². The Labute approximate surface area is 136 Å². The zero-order valence-electron chi connectivity index (χ0n) is 12.6. The summed E-state index contributed by atoms with van der Waals surface area (Å²) in [4.78, 5) is 13.6. The van der Waals surface area contributed by atoms with Crippen molar-refractivity contribution >= 4 is 32.8 Å². The van der Waals surface area contributed by atoms with E-state index in [1.165, 1.54) is 0 Å². The van der Waals surface area contributed by atoms with Crippen molar-refractivity contribution in [3.05, 3.63) is 67.3 Å². The molecule has 0 atom stereocenters. The number of hydrogen-bond acceptors (Lipinski definition) is 4.